The maximum Gasteiger partial charge on any atom is 0.338 e. The Balaban J connectivity index is 1.66. The molecule has 24 heavy (non-hydrogen) atoms. The summed E-state index contributed by atoms with van der Waals surface area (Å²) >= 11 is 3.44. The number of benzene rings is 2. The third-order valence-corrected chi connectivity index (χ3v) is 4.15. The monoisotopic (exact) mass is 391 g/mol. The zero-order valence-electron chi connectivity index (χ0n) is 12.6. The molecule has 0 fully saturated rings. The van der Waals surface area contributed by atoms with Crippen LogP contribution in [-0.2, 0) is 16.1 Å². The molecule has 7 heteroatoms. The van der Waals surface area contributed by atoms with Crippen molar-refractivity contribution >= 4 is 34.0 Å². The van der Waals surface area contributed by atoms with Crippen LogP contribution in [0.15, 0.2) is 40.9 Å². The van der Waals surface area contributed by atoms with Gasteiger partial charge in [0.25, 0.3) is 0 Å². The second kappa shape index (κ2) is 7.35. The van der Waals surface area contributed by atoms with E-state index in [0.29, 0.717) is 42.4 Å². The highest BCUT2D eigenvalue weighted by Crippen LogP contribution is 2.35. The van der Waals surface area contributed by atoms with Gasteiger partial charge in [0.2, 0.25) is 6.41 Å². The largest absolute Gasteiger partial charge is 0.486 e. The van der Waals surface area contributed by atoms with Crippen LogP contribution < -0.4 is 14.8 Å². The molecule has 124 valence electrons. The standard InChI is InChI=1S/C17H14BrNO5/c18-14-8-16-15(22-5-6-23-16)7-12(14)9-24-17(21)11-1-3-13(4-2-11)19-10-20/h1-4,7-8,10H,5-6,9H2,(H,19,20). The maximum absolute atomic E-state index is 12.1. The highest BCUT2D eigenvalue weighted by Gasteiger charge is 2.16. The highest BCUT2D eigenvalue weighted by atomic mass is 79.9. The van der Waals surface area contributed by atoms with Gasteiger partial charge in [-0.3, -0.25) is 4.79 Å². The summed E-state index contributed by atoms with van der Waals surface area (Å²) in [6.07, 6.45) is 0.576. The first-order chi connectivity index (χ1) is 11.7. The quantitative estimate of drug-likeness (QED) is 0.625. The van der Waals surface area contributed by atoms with Crippen molar-refractivity contribution in [2.24, 2.45) is 0 Å². The Kier molecular flexibility index (Phi) is 5.00. The Bertz CT molecular complexity index is 760. The molecule has 1 aliphatic heterocycles. The number of carbonyl (C=O) groups is 2. The summed E-state index contributed by atoms with van der Waals surface area (Å²) in [5.74, 6) is 0.857. The third-order valence-electron chi connectivity index (χ3n) is 3.42. The summed E-state index contributed by atoms with van der Waals surface area (Å²) in [5, 5.41) is 2.50. The van der Waals surface area contributed by atoms with E-state index in [9.17, 15) is 9.59 Å². The smallest absolute Gasteiger partial charge is 0.338 e. The van der Waals surface area contributed by atoms with Gasteiger partial charge in [-0.2, -0.15) is 0 Å². The SMILES string of the molecule is O=CNc1ccc(C(=O)OCc2cc3c(cc2Br)OCCO3)cc1. The number of esters is 1. The zero-order valence-corrected chi connectivity index (χ0v) is 14.2. The fraction of sp³-hybridized carbons (Fsp3) is 0.176. The summed E-state index contributed by atoms with van der Waals surface area (Å²) in [5.41, 5.74) is 1.79. The molecule has 0 saturated heterocycles. The Morgan fingerprint density at radius 1 is 1.17 bits per heavy atom. The van der Waals surface area contributed by atoms with Crippen LogP contribution in [0.2, 0.25) is 0 Å². The number of hydrogen-bond donors (Lipinski definition) is 1. The highest BCUT2D eigenvalue weighted by molar-refractivity contribution is 9.10. The van der Waals surface area contributed by atoms with Gasteiger partial charge in [0.15, 0.2) is 11.5 Å². The predicted octanol–water partition coefficient (Wildman–Crippen LogP) is 3.15. The van der Waals surface area contributed by atoms with E-state index in [1.54, 1.807) is 36.4 Å². The molecule has 0 radical (unpaired) electrons. The average Bonchev–Trinajstić information content (AvgIpc) is 2.60. The van der Waals surface area contributed by atoms with E-state index < -0.39 is 5.97 Å². The van der Waals surface area contributed by atoms with Crippen molar-refractivity contribution in [1.29, 1.82) is 0 Å². The molecule has 0 saturated carbocycles. The van der Waals surface area contributed by atoms with E-state index in [1.165, 1.54) is 0 Å². The lowest BCUT2D eigenvalue weighted by Crippen LogP contribution is -2.15. The van der Waals surface area contributed by atoms with E-state index in [-0.39, 0.29) is 6.61 Å². The number of halogens is 1. The first-order valence-corrected chi connectivity index (χ1v) is 8.02. The molecule has 0 unspecified atom stereocenters. The minimum absolute atomic E-state index is 0.102. The van der Waals surface area contributed by atoms with Crippen LogP contribution in [0, 0.1) is 0 Å². The maximum atomic E-state index is 12.1. The van der Waals surface area contributed by atoms with E-state index in [2.05, 4.69) is 21.2 Å². The Morgan fingerprint density at radius 2 is 1.83 bits per heavy atom. The number of fused-ring (bicyclic) bond motifs is 1. The number of ether oxygens (including phenoxy) is 3. The minimum atomic E-state index is -0.450. The van der Waals surface area contributed by atoms with Gasteiger partial charge in [0, 0.05) is 15.7 Å². The summed E-state index contributed by atoms with van der Waals surface area (Å²) in [4.78, 5) is 22.5. The summed E-state index contributed by atoms with van der Waals surface area (Å²) in [7, 11) is 0. The topological polar surface area (TPSA) is 73.9 Å². The first-order valence-electron chi connectivity index (χ1n) is 7.23. The molecule has 0 spiro atoms. The van der Waals surface area contributed by atoms with Crippen LogP contribution in [0.3, 0.4) is 0 Å². The summed E-state index contributed by atoms with van der Waals surface area (Å²) < 4.78 is 17.1. The van der Waals surface area contributed by atoms with Gasteiger partial charge in [-0.1, -0.05) is 15.9 Å². The molecular weight excluding hydrogens is 378 g/mol. The number of carbonyl (C=O) groups excluding carboxylic acids is 2. The number of anilines is 1. The van der Waals surface area contributed by atoms with Gasteiger partial charge in [-0.15, -0.1) is 0 Å². The molecule has 3 rings (SSSR count). The molecule has 1 aliphatic rings. The van der Waals surface area contributed by atoms with Gasteiger partial charge in [-0.05, 0) is 36.4 Å². The van der Waals surface area contributed by atoms with Crippen molar-refractivity contribution in [1.82, 2.24) is 0 Å². The lowest BCUT2D eigenvalue weighted by Gasteiger charge is -2.19. The molecule has 1 amide bonds. The van der Waals surface area contributed by atoms with E-state index in [1.807, 2.05) is 0 Å². The molecular formula is C17H14BrNO5. The van der Waals surface area contributed by atoms with Crippen LogP contribution in [0.25, 0.3) is 0 Å². The number of nitrogens with one attached hydrogen (secondary N) is 1. The molecule has 6 nitrogen and oxygen atoms in total. The van der Waals surface area contributed by atoms with E-state index in [4.69, 9.17) is 14.2 Å². The van der Waals surface area contributed by atoms with Crippen molar-refractivity contribution < 1.29 is 23.8 Å². The van der Waals surface area contributed by atoms with Crippen LogP contribution in [0.5, 0.6) is 11.5 Å². The van der Waals surface area contributed by atoms with Gasteiger partial charge in [-0.25, -0.2) is 4.79 Å². The second-order valence-corrected chi connectivity index (χ2v) is 5.86. The minimum Gasteiger partial charge on any atom is -0.486 e. The predicted molar refractivity (Wildman–Crippen MR) is 90.4 cm³/mol. The first kappa shape index (κ1) is 16.3. The molecule has 1 N–H and O–H groups in total. The van der Waals surface area contributed by atoms with Crippen LogP contribution in [0.1, 0.15) is 15.9 Å². The second-order valence-electron chi connectivity index (χ2n) is 5.00. The third kappa shape index (κ3) is 3.68. The zero-order chi connectivity index (χ0) is 16.9. The van der Waals surface area contributed by atoms with Crippen molar-refractivity contribution in [2.45, 2.75) is 6.61 Å². The van der Waals surface area contributed by atoms with E-state index in [0.717, 1.165) is 10.0 Å². The van der Waals surface area contributed by atoms with Crippen LogP contribution in [0.4, 0.5) is 5.69 Å². The van der Waals surface area contributed by atoms with Gasteiger partial charge < -0.3 is 19.5 Å². The Morgan fingerprint density at radius 3 is 2.50 bits per heavy atom. The molecule has 2 aromatic rings. The van der Waals surface area contributed by atoms with Gasteiger partial charge >= 0.3 is 5.97 Å². The molecule has 0 atom stereocenters. The van der Waals surface area contributed by atoms with Crippen molar-refractivity contribution in [2.75, 3.05) is 18.5 Å². The van der Waals surface area contributed by atoms with Crippen molar-refractivity contribution in [3.8, 4) is 11.5 Å². The van der Waals surface area contributed by atoms with Gasteiger partial charge in [0.1, 0.15) is 19.8 Å². The van der Waals surface area contributed by atoms with Crippen LogP contribution in [-0.4, -0.2) is 25.6 Å². The van der Waals surface area contributed by atoms with Crippen molar-refractivity contribution in [3.63, 3.8) is 0 Å². The molecule has 0 bridgehead atoms. The molecule has 2 aromatic carbocycles. The lowest BCUT2D eigenvalue weighted by atomic mass is 10.2. The molecule has 0 aromatic heterocycles. The van der Waals surface area contributed by atoms with Crippen molar-refractivity contribution in [3.05, 3.63) is 52.0 Å². The fourth-order valence-electron chi connectivity index (χ4n) is 2.21. The molecule has 1 heterocycles. The normalized spacial score (nSPS) is 12.4. The number of hydrogen-bond acceptors (Lipinski definition) is 5. The molecule has 0 aliphatic carbocycles. The fourth-order valence-corrected chi connectivity index (χ4v) is 2.65. The summed E-state index contributed by atoms with van der Waals surface area (Å²) in [6, 6.07) is 10.0. The number of amides is 1. The van der Waals surface area contributed by atoms with Gasteiger partial charge in [0.05, 0.1) is 5.56 Å². The summed E-state index contributed by atoms with van der Waals surface area (Å²) in [6.45, 7) is 1.11. The van der Waals surface area contributed by atoms with E-state index >= 15 is 0 Å². The lowest BCUT2D eigenvalue weighted by molar-refractivity contribution is -0.105. The Labute approximate surface area is 146 Å². The number of rotatable bonds is 5. The Hall–Kier alpha value is -2.54. The average molecular weight is 392 g/mol. The van der Waals surface area contributed by atoms with Crippen LogP contribution >= 0.6 is 15.9 Å².